The lowest BCUT2D eigenvalue weighted by Crippen LogP contribution is -2.41. The molecule has 4 rings (SSSR count). The Balaban J connectivity index is 1.65. The van der Waals surface area contributed by atoms with Gasteiger partial charge in [-0.3, -0.25) is 4.79 Å². The average Bonchev–Trinajstić information content (AvgIpc) is 2.82. The second kappa shape index (κ2) is 10.1. The second-order valence-corrected chi connectivity index (χ2v) is 8.15. The molecule has 0 saturated carbocycles. The minimum atomic E-state index is 0.235. The fourth-order valence-electron chi connectivity index (χ4n) is 4.28. The SMILES string of the molecule is CCCCC(=O)N1CCc2nc(Cc3ccccc3OC)nc(N3CCOCC3)c2C1. The van der Waals surface area contributed by atoms with E-state index < -0.39 is 0 Å². The van der Waals surface area contributed by atoms with Gasteiger partial charge in [0.1, 0.15) is 17.4 Å². The smallest absolute Gasteiger partial charge is 0.222 e. The van der Waals surface area contributed by atoms with Crippen LogP contribution in [-0.4, -0.2) is 60.7 Å². The Morgan fingerprint density at radius 1 is 1.16 bits per heavy atom. The lowest BCUT2D eigenvalue weighted by atomic mass is 10.0. The third kappa shape index (κ3) is 4.98. The number of anilines is 1. The molecule has 0 spiro atoms. The number of ether oxygens (including phenoxy) is 2. The van der Waals surface area contributed by atoms with Gasteiger partial charge in [-0.05, 0) is 12.5 Å². The molecule has 3 heterocycles. The van der Waals surface area contributed by atoms with E-state index in [4.69, 9.17) is 19.4 Å². The molecular formula is C24H32N4O3. The summed E-state index contributed by atoms with van der Waals surface area (Å²) in [5, 5.41) is 0. The number of hydrogen-bond acceptors (Lipinski definition) is 6. The van der Waals surface area contributed by atoms with E-state index in [1.165, 1.54) is 0 Å². The minimum Gasteiger partial charge on any atom is -0.496 e. The van der Waals surface area contributed by atoms with Crippen LogP contribution in [0.15, 0.2) is 24.3 Å². The maximum absolute atomic E-state index is 12.7. The average molecular weight is 425 g/mol. The number of aromatic nitrogens is 2. The number of morpholine rings is 1. The van der Waals surface area contributed by atoms with Gasteiger partial charge in [0.05, 0.1) is 32.6 Å². The number of nitrogens with zero attached hydrogens (tertiary/aromatic N) is 4. The Bertz CT molecular complexity index is 912. The van der Waals surface area contributed by atoms with Crippen LogP contribution in [0.1, 0.15) is 48.8 Å². The van der Waals surface area contributed by atoms with E-state index in [1.807, 2.05) is 23.1 Å². The van der Waals surface area contributed by atoms with E-state index >= 15 is 0 Å². The topological polar surface area (TPSA) is 67.8 Å². The zero-order chi connectivity index (χ0) is 21.6. The van der Waals surface area contributed by atoms with E-state index in [0.29, 0.717) is 32.6 Å². The van der Waals surface area contributed by atoms with Gasteiger partial charge in [0.25, 0.3) is 0 Å². The van der Waals surface area contributed by atoms with Gasteiger partial charge in [-0.2, -0.15) is 0 Å². The van der Waals surface area contributed by atoms with Crippen LogP contribution in [-0.2, 0) is 28.9 Å². The van der Waals surface area contributed by atoms with E-state index in [0.717, 1.165) is 73.1 Å². The number of carbonyl (C=O) groups excluding carboxylic acids is 1. The molecule has 1 fully saturated rings. The third-order valence-electron chi connectivity index (χ3n) is 6.03. The van der Waals surface area contributed by atoms with Crippen LogP contribution >= 0.6 is 0 Å². The molecule has 0 unspecified atom stereocenters. The number of benzene rings is 1. The highest BCUT2D eigenvalue weighted by atomic mass is 16.5. The van der Waals surface area contributed by atoms with E-state index in [-0.39, 0.29) is 5.91 Å². The summed E-state index contributed by atoms with van der Waals surface area (Å²) >= 11 is 0. The first kappa shape index (κ1) is 21.6. The summed E-state index contributed by atoms with van der Waals surface area (Å²) in [4.78, 5) is 26.9. The molecule has 0 N–H and O–H groups in total. The standard InChI is InChI=1S/C24H32N4O3/c1-3-4-9-23(29)28-11-10-20-19(17-28)24(27-12-14-31-15-13-27)26-22(25-20)16-18-7-5-6-8-21(18)30-2/h5-8H,3-4,9-17H2,1-2H3. The number of carbonyl (C=O) groups is 1. The first-order chi connectivity index (χ1) is 15.2. The van der Waals surface area contributed by atoms with Crippen LogP contribution in [0.3, 0.4) is 0 Å². The molecule has 0 bridgehead atoms. The van der Waals surface area contributed by atoms with Gasteiger partial charge in [0, 0.05) is 50.0 Å². The molecule has 1 amide bonds. The lowest BCUT2D eigenvalue weighted by Gasteiger charge is -2.34. The number of fused-ring (bicyclic) bond motifs is 1. The number of para-hydroxylation sites is 1. The van der Waals surface area contributed by atoms with Gasteiger partial charge in [-0.15, -0.1) is 0 Å². The van der Waals surface area contributed by atoms with Crippen LogP contribution in [0.5, 0.6) is 5.75 Å². The highest BCUT2D eigenvalue weighted by molar-refractivity contribution is 5.76. The molecule has 7 heteroatoms. The van der Waals surface area contributed by atoms with Crippen LogP contribution in [0, 0.1) is 0 Å². The Morgan fingerprint density at radius 3 is 2.74 bits per heavy atom. The summed E-state index contributed by atoms with van der Waals surface area (Å²) in [6.45, 7) is 6.44. The molecular weight excluding hydrogens is 392 g/mol. The van der Waals surface area contributed by atoms with Gasteiger partial charge in [-0.1, -0.05) is 31.5 Å². The van der Waals surface area contributed by atoms with Crippen LogP contribution in [0.25, 0.3) is 0 Å². The molecule has 2 aromatic rings. The van der Waals surface area contributed by atoms with Gasteiger partial charge in [-0.25, -0.2) is 9.97 Å². The number of methoxy groups -OCH3 is 1. The van der Waals surface area contributed by atoms with Gasteiger partial charge in [0.2, 0.25) is 5.91 Å². The molecule has 2 aliphatic heterocycles. The van der Waals surface area contributed by atoms with Gasteiger partial charge >= 0.3 is 0 Å². The van der Waals surface area contributed by atoms with Crippen molar-refractivity contribution >= 4 is 11.7 Å². The third-order valence-corrected chi connectivity index (χ3v) is 6.03. The molecule has 7 nitrogen and oxygen atoms in total. The Hall–Kier alpha value is -2.67. The highest BCUT2D eigenvalue weighted by Crippen LogP contribution is 2.29. The molecule has 1 aromatic carbocycles. The maximum atomic E-state index is 12.7. The number of unbranched alkanes of at least 4 members (excludes halogenated alkanes) is 1. The number of rotatable bonds is 7. The predicted molar refractivity (Wildman–Crippen MR) is 120 cm³/mol. The molecule has 0 aliphatic carbocycles. The van der Waals surface area contributed by atoms with Crippen molar-refractivity contribution in [3.63, 3.8) is 0 Å². The van der Waals surface area contributed by atoms with Crippen molar-refractivity contribution < 1.29 is 14.3 Å². The zero-order valence-electron chi connectivity index (χ0n) is 18.6. The van der Waals surface area contributed by atoms with Crippen LogP contribution in [0.2, 0.25) is 0 Å². The molecule has 166 valence electrons. The van der Waals surface area contributed by atoms with Crippen molar-refractivity contribution in [2.45, 2.75) is 45.6 Å². The van der Waals surface area contributed by atoms with Crippen LogP contribution in [0.4, 0.5) is 5.82 Å². The lowest BCUT2D eigenvalue weighted by molar-refractivity contribution is -0.132. The van der Waals surface area contributed by atoms with E-state index in [1.54, 1.807) is 7.11 Å². The normalized spacial score (nSPS) is 16.2. The van der Waals surface area contributed by atoms with Crippen molar-refractivity contribution in [1.82, 2.24) is 14.9 Å². The maximum Gasteiger partial charge on any atom is 0.222 e. The summed E-state index contributed by atoms with van der Waals surface area (Å²) < 4.78 is 11.1. The van der Waals surface area contributed by atoms with Crippen LogP contribution < -0.4 is 9.64 Å². The molecule has 2 aliphatic rings. The van der Waals surface area contributed by atoms with E-state index in [9.17, 15) is 4.79 Å². The van der Waals surface area contributed by atoms with Crippen molar-refractivity contribution in [1.29, 1.82) is 0 Å². The summed E-state index contributed by atoms with van der Waals surface area (Å²) in [5.41, 5.74) is 3.24. The Morgan fingerprint density at radius 2 is 1.97 bits per heavy atom. The second-order valence-electron chi connectivity index (χ2n) is 8.15. The number of hydrogen-bond donors (Lipinski definition) is 0. The minimum absolute atomic E-state index is 0.235. The van der Waals surface area contributed by atoms with Crippen molar-refractivity contribution in [3.8, 4) is 5.75 Å². The first-order valence-electron chi connectivity index (χ1n) is 11.3. The monoisotopic (exact) mass is 424 g/mol. The predicted octanol–water partition coefficient (Wildman–Crippen LogP) is 2.99. The quantitative estimate of drug-likeness (QED) is 0.681. The molecule has 0 radical (unpaired) electrons. The Labute approximate surface area is 184 Å². The summed E-state index contributed by atoms with van der Waals surface area (Å²) in [7, 11) is 1.69. The Kier molecular flexibility index (Phi) is 7.02. The van der Waals surface area contributed by atoms with Crippen molar-refractivity contribution in [3.05, 3.63) is 46.9 Å². The summed E-state index contributed by atoms with van der Waals surface area (Å²) in [5.74, 6) is 2.85. The first-order valence-corrected chi connectivity index (χ1v) is 11.3. The fourth-order valence-corrected chi connectivity index (χ4v) is 4.28. The molecule has 0 atom stereocenters. The fraction of sp³-hybridized carbons (Fsp3) is 0.542. The van der Waals surface area contributed by atoms with E-state index in [2.05, 4.69) is 17.9 Å². The number of amides is 1. The van der Waals surface area contributed by atoms with Gasteiger partial charge in [0.15, 0.2) is 0 Å². The molecule has 1 saturated heterocycles. The van der Waals surface area contributed by atoms with Crippen molar-refractivity contribution in [2.75, 3.05) is 44.9 Å². The van der Waals surface area contributed by atoms with Gasteiger partial charge < -0.3 is 19.3 Å². The molecule has 31 heavy (non-hydrogen) atoms. The summed E-state index contributed by atoms with van der Waals surface area (Å²) in [6.07, 6.45) is 3.97. The summed E-state index contributed by atoms with van der Waals surface area (Å²) in [6, 6.07) is 8.01. The molecule has 1 aromatic heterocycles. The van der Waals surface area contributed by atoms with Crippen molar-refractivity contribution in [2.24, 2.45) is 0 Å². The highest BCUT2D eigenvalue weighted by Gasteiger charge is 2.28. The largest absolute Gasteiger partial charge is 0.496 e. The zero-order valence-corrected chi connectivity index (χ0v) is 18.6.